The lowest BCUT2D eigenvalue weighted by Gasteiger charge is -2.37. The van der Waals surface area contributed by atoms with E-state index in [0.29, 0.717) is 19.0 Å². The van der Waals surface area contributed by atoms with Crippen molar-refractivity contribution in [3.8, 4) is 11.6 Å². The summed E-state index contributed by atoms with van der Waals surface area (Å²) in [5, 5.41) is 3.43. The van der Waals surface area contributed by atoms with Gasteiger partial charge in [-0.1, -0.05) is 6.07 Å². The normalized spacial score (nSPS) is 20.9. The van der Waals surface area contributed by atoms with Crippen molar-refractivity contribution >= 4 is 29.9 Å². The number of aryl methyl sites for hydroxylation is 2. The molecule has 2 unspecified atom stereocenters. The average Bonchev–Trinajstić information content (AvgIpc) is 3.35. The second-order valence-electron chi connectivity index (χ2n) is 8.43. The number of nitrogens with one attached hydrogen (secondary N) is 1. The number of pyridine rings is 1. The van der Waals surface area contributed by atoms with Crippen LogP contribution < -0.4 is 10.1 Å². The summed E-state index contributed by atoms with van der Waals surface area (Å²) in [6.07, 6.45) is 4.27. The number of guanidine groups is 1. The molecular weight excluding hydrogens is 531 g/mol. The number of aromatic nitrogens is 1. The molecule has 1 N–H and O–H groups in total. The Labute approximate surface area is 213 Å². The number of hydrogen-bond acceptors (Lipinski definition) is 5. The Morgan fingerprint density at radius 2 is 2.00 bits per heavy atom. The molecule has 0 spiro atoms. The molecule has 2 atom stereocenters. The zero-order valence-electron chi connectivity index (χ0n) is 19.8. The Morgan fingerprint density at radius 3 is 2.76 bits per heavy atom. The topological polar surface area (TPSA) is 68.2 Å². The Bertz CT molecular complexity index is 934. The van der Waals surface area contributed by atoms with E-state index in [1.54, 1.807) is 6.20 Å². The van der Waals surface area contributed by atoms with Gasteiger partial charge in [-0.15, -0.1) is 24.0 Å². The summed E-state index contributed by atoms with van der Waals surface area (Å²) in [6.45, 7) is 10.8. The highest BCUT2D eigenvalue weighted by molar-refractivity contribution is 14.0. The summed E-state index contributed by atoms with van der Waals surface area (Å²) in [7, 11) is 0. The monoisotopic (exact) mass is 566 g/mol. The number of benzene rings is 1. The molecule has 7 nitrogen and oxygen atoms in total. The molecule has 2 aliphatic heterocycles. The van der Waals surface area contributed by atoms with Gasteiger partial charge in [-0.3, -0.25) is 0 Å². The van der Waals surface area contributed by atoms with Crippen LogP contribution in [0.15, 0.2) is 41.5 Å². The minimum absolute atomic E-state index is 0. The van der Waals surface area contributed by atoms with E-state index in [1.807, 2.05) is 24.3 Å². The predicted molar refractivity (Wildman–Crippen MR) is 141 cm³/mol. The van der Waals surface area contributed by atoms with Gasteiger partial charge in [0, 0.05) is 38.5 Å². The van der Waals surface area contributed by atoms with E-state index >= 15 is 0 Å². The van der Waals surface area contributed by atoms with E-state index < -0.39 is 0 Å². The maximum Gasteiger partial charge on any atom is 0.219 e. The van der Waals surface area contributed by atoms with E-state index in [0.717, 1.165) is 56.4 Å². The molecule has 2 saturated heterocycles. The van der Waals surface area contributed by atoms with Crippen molar-refractivity contribution in [3.05, 3.63) is 53.2 Å². The molecule has 4 rings (SSSR count). The second kappa shape index (κ2) is 12.5. The van der Waals surface area contributed by atoms with Gasteiger partial charge in [0.05, 0.1) is 19.3 Å². The van der Waals surface area contributed by atoms with E-state index in [-0.39, 0.29) is 36.2 Å². The van der Waals surface area contributed by atoms with Gasteiger partial charge in [0.1, 0.15) is 11.9 Å². The van der Waals surface area contributed by atoms with Gasteiger partial charge in [0.15, 0.2) is 5.96 Å². The minimum Gasteiger partial charge on any atom is -0.439 e. The Kier molecular flexibility index (Phi) is 9.76. The third-order valence-electron chi connectivity index (χ3n) is 6.02. The summed E-state index contributed by atoms with van der Waals surface area (Å²) < 4.78 is 17.8. The quantitative estimate of drug-likeness (QED) is 0.317. The molecule has 0 bridgehead atoms. The van der Waals surface area contributed by atoms with Crippen LogP contribution >= 0.6 is 24.0 Å². The van der Waals surface area contributed by atoms with Gasteiger partial charge < -0.3 is 24.4 Å². The van der Waals surface area contributed by atoms with Crippen LogP contribution in [0, 0.1) is 13.8 Å². The lowest BCUT2D eigenvalue weighted by atomic mass is 10.1. The number of halogens is 1. The molecule has 1 aromatic heterocycles. The van der Waals surface area contributed by atoms with Crippen LogP contribution in [0.4, 0.5) is 0 Å². The molecule has 1 aromatic carbocycles. The molecule has 0 radical (unpaired) electrons. The largest absolute Gasteiger partial charge is 0.439 e. The number of ether oxygens (including phenoxy) is 3. The smallest absolute Gasteiger partial charge is 0.219 e. The summed E-state index contributed by atoms with van der Waals surface area (Å²) in [6, 6.07) is 10.0. The summed E-state index contributed by atoms with van der Waals surface area (Å²) in [4.78, 5) is 11.5. The summed E-state index contributed by atoms with van der Waals surface area (Å²) in [5.41, 5.74) is 3.50. The minimum atomic E-state index is 0. The first-order chi connectivity index (χ1) is 15.6. The van der Waals surface area contributed by atoms with Gasteiger partial charge in [-0.2, -0.15) is 0 Å². The zero-order valence-corrected chi connectivity index (χ0v) is 22.1. The van der Waals surface area contributed by atoms with Crippen molar-refractivity contribution in [2.45, 2.75) is 52.4 Å². The number of hydrogen-bond donors (Lipinski definition) is 1. The van der Waals surface area contributed by atoms with E-state index in [9.17, 15) is 0 Å². The van der Waals surface area contributed by atoms with Crippen LogP contribution in [0.3, 0.4) is 0 Å². The maximum atomic E-state index is 6.00. The SMILES string of the molecule is CCNC(=NCc1ccnc(Oc2ccc(C)c(C)c2)c1)N1CCOC(C2CCCO2)C1.I. The second-order valence-corrected chi connectivity index (χ2v) is 8.43. The van der Waals surface area contributed by atoms with Crippen LogP contribution in [0.5, 0.6) is 11.6 Å². The van der Waals surface area contributed by atoms with Crippen LogP contribution in [0.25, 0.3) is 0 Å². The molecule has 0 saturated carbocycles. The van der Waals surface area contributed by atoms with Crippen molar-refractivity contribution in [1.82, 2.24) is 15.2 Å². The Hall–Kier alpha value is -1.91. The van der Waals surface area contributed by atoms with Crippen LogP contribution in [0.2, 0.25) is 0 Å². The predicted octanol–water partition coefficient (Wildman–Crippen LogP) is 4.45. The highest BCUT2D eigenvalue weighted by Crippen LogP contribution is 2.23. The molecule has 8 heteroatoms. The Balaban J connectivity index is 0.00000306. The molecule has 33 heavy (non-hydrogen) atoms. The van der Waals surface area contributed by atoms with Crippen molar-refractivity contribution in [3.63, 3.8) is 0 Å². The first-order valence-electron chi connectivity index (χ1n) is 11.6. The fourth-order valence-corrected chi connectivity index (χ4v) is 4.08. The first-order valence-corrected chi connectivity index (χ1v) is 11.6. The van der Waals surface area contributed by atoms with Gasteiger partial charge in [0.2, 0.25) is 5.88 Å². The highest BCUT2D eigenvalue weighted by atomic mass is 127. The molecule has 2 fully saturated rings. The number of nitrogens with zero attached hydrogens (tertiary/aromatic N) is 3. The third kappa shape index (κ3) is 7.04. The lowest BCUT2D eigenvalue weighted by molar-refractivity contribution is -0.0817. The molecule has 2 aliphatic rings. The van der Waals surface area contributed by atoms with Crippen molar-refractivity contribution in [1.29, 1.82) is 0 Å². The van der Waals surface area contributed by atoms with E-state index in [4.69, 9.17) is 19.2 Å². The van der Waals surface area contributed by atoms with Crippen molar-refractivity contribution in [2.75, 3.05) is 32.8 Å². The standard InChI is InChI=1S/C25H34N4O3.HI/c1-4-26-25(29-11-13-31-23(17-29)22-6-5-12-30-22)28-16-20-9-10-27-24(15-20)32-21-8-7-18(2)19(3)14-21;/h7-10,14-15,22-23H,4-6,11-13,16-17H2,1-3H3,(H,26,28);1H. The lowest BCUT2D eigenvalue weighted by Crippen LogP contribution is -2.53. The number of aliphatic imine (C=N–C) groups is 1. The summed E-state index contributed by atoms with van der Waals surface area (Å²) in [5.74, 6) is 2.28. The Morgan fingerprint density at radius 1 is 1.15 bits per heavy atom. The highest BCUT2D eigenvalue weighted by Gasteiger charge is 2.32. The molecule has 2 aromatic rings. The molecule has 0 aliphatic carbocycles. The van der Waals surface area contributed by atoms with Crippen LogP contribution in [0.1, 0.15) is 36.5 Å². The fourth-order valence-electron chi connectivity index (χ4n) is 4.08. The number of rotatable bonds is 6. The fraction of sp³-hybridized carbons (Fsp3) is 0.520. The van der Waals surface area contributed by atoms with Crippen LogP contribution in [-0.4, -0.2) is 60.9 Å². The summed E-state index contributed by atoms with van der Waals surface area (Å²) >= 11 is 0. The van der Waals surface area contributed by atoms with E-state index in [2.05, 4.69) is 42.0 Å². The van der Waals surface area contributed by atoms with Gasteiger partial charge in [-0.05, 0) is 68.5 Å². The van der Waals surface area contributed by atoms with Gasteiger partial charge >= 0.3 is 0 Å². The molecular formula is C25H35IN4O3. The maximum absolute atomic E-state index is 6.00. The van der Waals surface area contributed by atoms with Gasteiger partial charge in [0.25, 0.3) is 0 Å². The third-order valence-corrected chi connectivity index (χ3v) is 6.02. The zero-order chi connectivity index (χ0) is 22.3. The molecule has 180 valence electrons. The molecule has 0 amide bonds. The molecule has 3 heterocycles. The van der Waals surface area contributed by atoms with Crippen molar-refractivity contribution < 1.29 is 14.2 Å². The van der Waals surface area contributed by atoms with E-state index in [1.165, 1.54) is 11.1 Å². The average molecular weight is 566 g/mol. The number of morpholine rings is 1. The van der Waals surface area contributed by atoms with Crippen LogP contribution in [-0.2, 0) is 16.0 Å². The van der Waals surface area contributed by atoms with Gasteiger partial charge in [-0.25, -0.2) is 9.98 Å². The first kappa shape index (κ1) is 25.7. The van der Waals surface area contributed by atoms with Crippen molar-refractivity contribution in [2.24, 2.45) is 4.99 Å².